The van der Waals surface area contributed by atoms with Crippen molar-refractivity contribution < 1.29 is 9.59 Å². The van der Waals surface area contributed by atoms with E-state index in [1.165, 1.54) is 11.3 Å². The smallest absolute Gasteiger partial charge is 0.264 e. The molecule has 2 fully saturated rings. The zero-order valence-electron chi connectivity index (χ0n) is 21.4. The number of ketones is 1. The number of carbonyl (C=O) groups is 2. The van der Waals surface area contributed by atoms with E-state index in [1.807, 2.05) is 53.4 Å². The highest BCUT2D eigenvalue weighted by Crippen LogP contribution is 2.31. The number of likely N-dealkylation sites (tertiary alicyclic amines) is 1. The van der Waals surface area contributed by atoms with E-state index in [-0.39, 0.29) is 29.3 Å². The van der Waals surface area contributed by atoms with Crippen LogP contribution >= 0.6 is 11.3 Å². The van der Waals surface area contributed by atoms with Gasteiger partial charge in [-0.2, -0.15) is 0 Å². The second kappa shape index (κ2) is 10.5. The van der Waals surface area contributed by atoms with E-state index in [4.69, 9.17) is 4.98 Å². The maximum absolute atomic E-state index is 13.5. The molecule has 2 saturated heterocycles. The van der Waals surface area contributed by atoms with Gasteiger partial charge in [-0.3, -0.25) is 9.59 Å². The van der Waals surface area contributed by atoms with Gasteiger partial charge in [0.1, 0.15) is 5.78 Å². The number of carbonyl (C=O) groups excluding carboxylic acids is 2. The van der Waals surface area contributed by atoms with Crippen LogP contribution in [0, 0.1) is 0 Å². The van der Waals surface area contributed by atoms with Crippen molar-refractivity contribution in [1.29, 1.82) is 0 Å². The van der Waals surface area contributed by atoms with E-state index < -0.39 is 0 Å². The first kappa shape index (κ1) is 25.1. The molecule has 4 heterocycles. The Hall–Kier alpha value is -3.52. The van der Waals surface area contributed by atoms with Crippen LogP contribution in [-0.2, 0) is 11.2 Å². The lowest BCUT2D eigenvalue weighted by atomic mass is 9.88. The third-order valence-corrected chi connectivity index (χ3v) is 8.03. The molecule has 0 bridgehead atoms. The zero-order valence-corrected chi connectivity index (χ0v) is 22.2. The molecule has 2 aliphatic rings. The number of aromatic nitrogens is 2. The number of piperidine rings is 2. The van der Waals surface area contributed by atoms with Gasteiger partial charge in [0, 0.05) is 55.3 Å². The van der Waals surface area contributed by atoms with E-state index in [0.717, 1.165) is 34.7 Å². The molecule has 5 rings (SSSR count). The van der Waals surface area contributed by atoms with Crippen LogP contribution in [0.5, 0.6) is 0 Å². The number of hydrogen-bond acceptors (Lipinski definition) is 7. The van der Waals surface area contributed by atoms with Gasteiger partial charge in [-0.25, -0.2) is 9.97 Å². The molecular weight excluding hydrogens is 482 g/mol. The fourth-order valence-corrected chi connectivity index (χ4v) is 6.32. The van der Waals surface area contributed by atoms with Crippen molar-refractivity contribution in [2.75, 3.05) is 11.9 Å². The highest BCUT2D eigenvalue weighted by molar-refractivity contribution is 7.17. The Morgan fingerprint density at radius 1 is 1.19 bits per heavy atom. The molecule has 192 valence electrons. The summed E-state index contributed by atoms with van der Waals surface area (Å²) in [5.41, 5.74) is 2.89. The minimum Gasteiger partial charge on any atom is -0.384 e. The fourth-order valence-electron chi connectivity index (χ4n) is 5.39. The molecule has 0 saturated carbocycles. The quantitative estimate of drug-likeness (QED) is 0.476. The third-order valence-electron chi connectivity index (χ3n) is 6.93. The Morgan fingerprint density at radius 3 is 2.78 bits per heavy atom. The number of thiophene rings is 1. The lowest BCUT2D eigenvalue weighted by Gasteiger charge is -2.38. The zero-order chi connectivity index (χ0) is 26.0. The standard InChI is InChI=1S/C29H33N5O2S/c1-19-15-21(18-29(2,3)33-19)31-28-30-13-11-24(32-28)25-9-10-26(37-25)27(36)34-14-12-23(35)17-22(34)16-20-7-5-4-6-8-20/h4-11,13,21-22,33H,1,12,14-18H2,2-3H3,(H,30,31,32). The lowest BCUT2D eigenvalue weighted by molar-refractivity contribution is -0.122. The predicted molar refractivity (Wildman–Crippen MR) is 148 cm³/mol. The Bertz CT molecular complexity index is 1300. The number of anilines is 1. The molecule has 0 spiro atoms. The second-order valence-electron chi connectivity index (χ2n) is 10.6. The first-order valence-electron chi connectivity index (χ1n) is 12.8. The van der Waals surface area contributed by atoms with Crippen molar-refractivity contribution in [2.24, 2.45) is 0 Å². The summed E-state index contributed by atoms with van der Waals surface area (Å²) < 4.78 is 0. The molecule has 0 radical (unpaired) electrons. The normalized spacial score (nSPS) is 21.4. The van der Waals surface area contributed by atoms with Gasteiger partial charge >= 0.3 is 0 Å². The van der Waals surface area contributed by atoms with Crippen LogP contribution in [-0.4, -0.2) is 50.7 Å². The van der Waals surface area contributed by atoms with E-state index in [9.17, 15) is 9.59 Å². The molecule has 2 N–H and O–H groups in total. The monoisotopic (exact) mass is 515 g/mol. The van der Waals surface area contributed by atoms with Crippen molar-refractivity contribution in [2.45, 2.75) is 63.6 Å². The van der Waals surface area contributed by atoms with Crippen molar-refractivity contribution >= 4 is 29.0 Å². The minimum atomic E-state index is -0.125. The summed E-state index contributed by atoms with van der Waals surface area (Å²) in [5, 5.41) is 6.91. The number of nitrogens with one attached hydrogen (secondary N) is 2. The van der Waals surface area contributed by atoms with Gasteiger partial charge < -0.3 is 15.5 Å². The summed E-state index contributed by atoms with van der Waals surface area (Å²) in [6.45, 7) is 8.90. The van der Waals surface area contributed by atoms with Gasteiger partial charge in [0.15, 0.2) is 0 Å². The average molecular weight is 516 g/mol. The molecule has 37 heavy (non-hydrogen) atoms. The number of nitrogens with zero attached hydrogens (tertiary/aromatic N) is 3. The molecular formula is C29H33N5O2S. The Labute approximate surface area is 222 Å². The van der Waals surface area contributed by atoms with Crippen molar-refractivity contribution in [1.82, 2.24) is 20.2 Å². The first-order chi connectivity index (χ1) is 17.8. The molecule has 2 aromatic heterocycles. The van der Waals surface area contributed by atoms with Crippen molar-refractivity contribution in [3.8, 4) is 10.6 Å². The summed E-state index contributed by atoms with van der Waals surface area (Å²) in [6.07, 6.45) is 4.99. The van der Waals surface area contributed by atoms with E-state index >= 15 is 0 Å². The molecule has 2 atom stereocenters. The molecule has 0 aliphatic carbocycles. The van der Waals surface area contributed by atoms with Gasteiger partial charge in [0.05, 0.1) is 15.4 Å². The van der Waals surface area contributed by atoms with Gasteiger partial charge in [0.25, 0.3) is 5.91 Å². The largest absolute Gasteiger partial charge is 0.384 e. The molecule has 3 aromatic rings. The average Bonchev–Trinajstić information content (AvgIpc) is 3.34. The van der Waals surface area contributed by atoms with Gasteiger partial charge in [-0.15, -0.1) is 11.3 Å². The first-order valence-corrected chi connectivity index (χ1v) is 13.6. The minimum absolute atomic E-state index is 0.0208. The number of rotatable bonds is 6. The number of benzene rings is 1. The second-order valence-corrected chi connectivity index (χ2v) is 11.7. The highest BCUT2D eigenvalue weighted by atomic mass is 32.1. The summed E-state index contributed by atoms with van der Waals surface area (Å²) in [6, 6.07) is 15.8. The number of amides is 1. The molecule has 2 aliphatic heterocycles. The van der Waals surface area contributed by atoms with Crippen LogP contribution < -0.4 is 10.6 Å². The molecule has 8 heteroatoms. The SMILES string of the molecule is C=C1CC(Nc2nccc(-c3ccc(C(=O)N4CCC(=O)CC4Cc4ccccc4)s3)n2)CC(C)(C)N1. The summed E-state index contributed by atoms with van der Waals surface area (Å²) in [4.78, 5) is 38.4. The predicted octanol–water partition coefficient (Wildman–Crippen LogP) is 5.08. The molecule has 7 nitrogen and oxygen atoms in total. The van der Waals surface area contributed by atoms with Crippen LogP contribution in [0.3, 0.4) is 0 Å². The van der Waals surface area contributed by atoms with E-state index in [1.54, 1.807) is 6.20 Å². The van der Waals surface area contributed by atoms with Crippen LogP contribution in [0.2, 0.25) is 0 Å². The van der Waals surface area contributed by atoms with E-state index in [0.29, 0.717) is 36.6 Å². The van der Waals surface area contributed by atoms with Gasteiger partial charge in [0.2, 0.25) is 5.95 Å². The highest BCUT2D eigenvalue weighted by Gasteiger charge is 2.32. The van der Waals surface area contributed by atoms with Crippen LogP contribution in [0.1, 0.15) is 54.8 Å². The number of Topliss-reactive ketones (excluding diaryl/α,β-unsaturated/α-hetero) is 1. The van der Waals surface area contributed by atoms with Crippen LogP contribution in [0.15, 0.2) is 67.0 Å². The Balaban J connectivity index is 1.30. The summed E-state index contributed by atoms with van der Waals surface area (Å²) >= 11 is 1.43. The third kappa shape index (κ3) is 6.07. The van der Waals surface area contributed by atoms with Crippen LogP contribution in [0.4, 0.5) is 5.95 Å². The Kier molecular flexibility index (Phi) is 7.11. The maximum Gasteiger partial charge on any atom is 0.264 e. The summed E-state index contributed by atoms with van der Waals surface area (Å²) in [5.74, 6) is 0.776. The van der Waals surface area contributed by atoms with Crippen LogP contribution in [0.25, 0.3) is 10.6 Å². The summed E-state index contributed by atoms with van der Waals surface area (Å²) in [7, 11) is 0. The van der Waals surface area contributed by atoms with E-state index in [2.05, 4.69) is 36.0 Å². The maximum atomic E-state index is 13.5. The molecule has 1 aromatic carbocycles. The van der Waals surface area contributed by atoms with Crippen molar-refractivity contribution in [3.05, 3.63) is 77.4 Å². The lowest BCUT2D eigenvalue weighted by Crippen LogP contribution is -2.48. The fraction of sp³-hybridized carbons (Fsp3) is 0.379. The van der Waals surface area contributed by atoms with Crippen molar-refractivity contribution in [3.63, 3.8) is 0 Å². The molecule has 2 unspecified atom stereocenters. The molecule has 1 amide bonds. The van der Waals surface area contributed by atoms with Gasteiger partial charge in [-0.05, 0) is 50.5 Å². The Morgan fingerprint density at radius 2 is 2.00 bits per heavy atom. The van der Waals surface area contributed by atoms with Gasteiger partial charge in [-0.1, -0.05) is 36.9 Å². The topological polar surface area (TPSA) is 87.2 Å². The number of hydrogen-bond donors (Lipinski definition) is 2.